The van der Waals surface area contributed by atoms with Crippen molar-refractivity contribution in [2.24, 2.45) is 0 Å². The topological polar surface area (TPSA) is 85.6 Å². The van der Waals surface area contributed by atoms with Gasteiger partial charge in [0.25, 0.3) is 5.91 Å². The van der Waals surface area contributed by atoms with Crippen molar-refractivity contribution >= 4 is 29.3 Å². The molecule has 0 radical (unpaired) electrons. The Labute approximate surface area is 166 Å². The van der Waals surface area contributed by atoms with Crippen LogP contribution in [0.3, 0.4) is 0 Å². The van der Waals surface area contributed by atoms with Crippen LogP contribution in [-0.4, -0.2) is 37.4 Å². The molecule has 0 fully saturated rings. The van der Waals surface area contributed by atoms with E-state index < -0.39 is 0 Å². The molecule has 2 heterocycles. The van der Waals surface area contributed by atoms with Gasteiger partial charge in [0.2, 0.25) is 0 Å². The summed E-state index contributed by atoms with van der Waals surface area (Å²) in [6.07, 6.45) is 0. The van der Waals surface area contributed by atoms with Gasteiger partial charge in [0.15, 0.2) is 10.9 Å². The van der Waals surface area contributed by atoms with Crippen molar-refractivity contribution in [2.45, 2.75) is 31.7 Å². The highest BCUT2D eigenvalue weighted by Gasteiger charge is 2.21. The number of rotatable bonds is 6. The summed E-state index contributed by atoms with van der Waals surface area (Å²) in [5.41, 5.74) is 3.55. The number of thioether (sulfide) groups is 1. The maximum atomic E-state index is 12.4. The lowest BCUT2D eigenvalue weighted by atomic mass is 10.3. The van der Waals surface area contributed by atoms with E-state index in [0.29, 0.717) is 33.9 Å². The molecule has 1 aromatic carbocycles. The Morgan fingerprint density at radius 3 is 2.48 bits per heavy atom. The molecule has 3 aromatic rings. The van der Waals surface area contributed by atoms with Gasteiger partial charge in [0, 0.05) is 28.7 Å². The number of hydrogen-bond donors (Lipinski definition) is 1. The summed E-state index contributed by atoms with van der Waals surface area (Å²) in [5.74, 6) is 0.194. The number of hydrogen-bond acceptors (Lipinski definition) is 6. The largest absolute Gasteiger partial charge is 0.351 e. The zero-order chi connectivity index (χ0) is 19.4. The van der Waals surface area contributed by atoms with Crippen molar-refractivity contribution < 1.29 is 4.79 Å². The van der Waals surface area contributed by atoms with E-state index in [0.717, 1.165) is 17.1 Å². The highest BCUT2D eigenvalue weighted by molar-refractivity contribution is 7.98. The number of nitrogens with one attached hydrogen (secondary N) is 1. The lowest BCUT2D eigenvalue weighted by Crippen LogP contribution is -2.24. The van der Waals surface area contributed by atoms with Crippen molar-refractivity contribution in [2.75, 3.05) is 6.54 Å². The summed E-state index contributed by atoms with van der Waals surface area (Å²) in [4.78, 5) is 21.3. The number of amides is 1. The van der Waals surface area contributed by atoms with Gasteiger partial charge in [-0.15, -0.1) is 5.10 Å². The number of carbonyl (C=O) groups excluding carboxylic acids is 1. The molecule has 0 saturated heterocycles. The molecule has 2 aromatic heterocycles. The number of carbonyl (C=O) groups is 1. The Hall–Kier alpha value is -2.45. The average Bonchev–Trinajstić information content (AvgIpc) is 3.04. The Morgan fingerprint density at radius 1 is 1.19 bits per heavy atom. The summed E-state index contributed by atoms with van der Waals surface area (Å²) >= 11 is 7.42. The molecule has 0 aliphatic rings. The first-order valence-corrected chi connectivity index (χ1v) is 9.78. The molecule has 9 heteroatoms. The number of benzene rings is 1. The summed E-state index contributed by atoms with van der Waals surface area (Å²) < 4.78 is 1.65. The molecule has 1 N–H and O–H groups in total. The summed E-state index contributed by atoms with van der Waals surface area (Å²) in [6, 6.07) is 9.13. The molecular weight excluding hydrogens is 384 g/mol. The highest BCUT2D eigenvalue weighted by Crippen LogP contribution is 2.24. The van der Waals surface area contributed by atoms with Crippen LogP contribution >= 0.6 is 23.4 Å². The monoisotopic (exact) mass is 402 g/mol. The van der Waals surface area contributed by atoms with Gasteiger partial charge in [-0.05, 0) is 51.1 Å². The zero-order valence-electron chi connectivity index (χ0n) is 15.2. The molecular formula is C18H19ClN6OS. The van der Waals surface area contributed by atoms with Crippen LogP contribution in [0.1, 0.15) is 34.5 Å². The molecule has 27 heavy (non-hydrogen) atoms. The van der Waals surface area contributed by atoms with E-state index in [-0.39, 0.29) is 5.91 Å². The molecule has 0 atom stereocenters. The molecule has 3 rings (SSSR count). The first-order valence-electron chi connectivity index (χ1n) is 8.41. The Morgan fingerprint density at radius 2 is 1.85 bits per heavy atom. The SMILES string of the molecule is CCNC(=O)c1nnn(-c2ccc(Cl)cc2)c1CSc1nc(C)cc(C)n1. The predicted octanol–water partition coefficient (Wildman–Crippen LogP) is 3.37. The van der Waals surface area contributed by atoms with Crippen LogP contribution in [0.15, 0.2) is 35.5 Å². The minimum atomic E-state index is -0.255. The average molecular weight is 403 g/mol. The molecule has 0 spiro atoms. The highest BCUT2D eigenvalue weighted by atomic mass is 35.5. The van der Waals surface area contributed by atoms with Crippen molar-refractivity contribution in [3.63, 3.8) is 0 Å². The quantitative estimate of drug-likeness (QED) is 0.502. The van der Waals surface area contributed by atoms with Crippen molar-refractivity contribution in [3.8, 4) is 5.69 Å². The van der Waals surface area contributed by atoms with Crippen LogP contribution in [0, 0.1) is 13.8 Å². The van der Waals surface area contributed by atoms with E-state index in [1.165, 1.54) is 11.8 Å². The first kappa shape index (κ1) is 19.3. The van der Waals surface area contributed by atoms with Gasteiger partial charge in [-0.2, -0.15) is 0 Å². The Balaban J connectivity index is 1.95. The molecule has 140 valence electrons. The van der Waals surface area contributed by atoms with E-state index in [9.17, 15) is 4.79 Å². The Kier molecular flexibility index (Phi) is 6.08. The summed E-state index contributed by atoms with van der Waals surface area (Å²) in [6.45, 7) is 6.23. The second-order valence-electron chi connectivity index (χ2n) is 5.85. The van der Waals surface area contributed by atoms with Gasteiger partial charge in [-0.1, -0.05) is 28.6 Å². The number of nitrogens with zero attached hydrogens (tertiary/aromatic N) is 5. The third-order valence-corrected chi connectivity index (χ3v) is 4.80. The molecule has 7 nitrogen and oxygen atoms in total. The maximum absolute atomic E-state index is 12.4. The predicted molar refractivity (Wildman–Crippen MR) is 105 cm³/mol. The van der Waals surface area contributed by atoms with E-state index in [2.05, 4.69) is 25.6 Å². The molecule has 1 amide bonds. The third-order valence-electron chi connectivity index (χ3n) is 3.69. The van der Waals surface area contributed by atoms with E-state index in [1.807, 2.05) is 39.0 Å². The van der Waals surface area contributed by atoms with Crippen LogP contribution in [-0.2, 0) is 5.75 Å². The molecule has 0 saturated carbocycles. The van der Waals surface area contributed by atoms with Crippen LogP contribution in [0.4, 0.5) is 0 Å². The summed E-state index contributed by atoms with van der Waals surface area (Å²) in [7, 11) is 0. The fourth-order valence-corrected chi connectivity index (χ4v) is 3.60. The standard InChI is InChI=1S/C18H19ClN6OS/c1-4-20-17(26)16-15(10-27-18-21-11(2)9-12(3)22-18)25(24-23-16)14-7-5-13(19)6-8-14/h5-9H,4,10H2,1-3H3,(H,20,26). The molecule has 0 unspecified atom stereocenters. The van der Waals surface area contributed by atoms with Gasteiger partial charge in [0.05, 0.1) is 11.4 Å². The first-order chi connectivity index (χ1) is 13.0. The van der Waals surface area contributed by atoms with Gasteiger partial charge in [-0.3, -0.25) is 4.79 Å². The zero-order valence-corrected chi connectivity index (χ0v) is 16.8. The van der Waals surface area contributed by atoms with Crippen LogP contribution in [0.2, 0.25) is 5.02 Å². The fourth-order valence-electron chi connectivity index (χ4n) is 2.53. The van der Waals surface area contributed by atoms with Crippen molar-refractivity contribution in [1.82, 2.24) is 30.3 Å². The lowest BCUT2D eigenvalue weighted by molar-refractivity contribution is 0.0950. The maximum Gasteiger partial charge on any atom is 0.273 e. The van der Waals surface area contributed by atoms with E-state index in [4.69, 9.17) is 11.6 Å². The molecule has 0 bridgehead atoms. The lowest BCUT2D eigenvalue weighted by Gasteiger charge is -2.08. The van der Waals surface area contributed by atoms with E-state index in [1.54, 1.807) is 16.8 Å². The van der Waals surface area contributed by atoms with Crippen LogP contribution < -0.4 is 5.32 Å². The minimum Gasteiger partial charge on any atom is -0.351 e. The number of aromatic nitrogens is 5. The third kappa shape index (κ3) is 4.64. The van der Waals surface area contributed by atoms with Crippen molar-refractivity contribution in [1.29, 1.82) is 0 Å². The van der Waals surface area contributed by atoms with Gasteiger partial charge >= 0.3 is 0 Å². The van der Waals surface area contributed by atoms with Gasteiger partial charge < -0.3 is 5.32 Å². The smallest absolute Gasteiger partial charge is 0.273 e. The molecule has 0 aliphatic carbocycles. The van der Waals surface area contributed by atoms with Gasteiger partial charge in [-0.25, -0.2) is 14.6 Å². The Bertz CT molecular complexity index is 937. The minimum absolute atomic E-state index is 0.255. The van der Waals surface area contributed by atoms with Gasteiger partial charge in [0.1, 0.15) is 0 Å². The fraction of sp³-hybridized carbons (Fsp3) is 0.278. The van der Waals surface area contributed by atoms with Crippen LogP contribution in [0.5, 0.6) is 0 Å². The number of halogens is 1. The normalized spacial score (nSPS) is 10.8. The second kappa shape index (κ2) is 8.49. The molecule has 0 aliphatic heterocycles. The van der Waals surface area contributed by atoms with Crippen molar-refractivity contribution in [3.05, 3.63) is 58.1 Å². The van der Waals surface area contributed by atoms with E-state index >= 15 is 0 Å². The summed E-state index contributed by atoms with van der Waals surface area (Å²) in [5, 5.41) is 12.3. The van der Waals surface area contributed by atoms with Crippen LogP contribution in [0.25, 0.3) is 5.69 Å². The second-order valence-corrected chi connectivity index (χ2v) is 7.23. The number of aryl methyl sites for hydroxylation is 2.